The summed E-state index contributed by atoms with van der Waals surface area (Å²) in [5, 5.41) is 0. The van der Waals surface area contributed by atoms with E-state index in [4.69, 9.17) is 0 Å². The Labute approximate surface area is 98.3 Å². The van der Waals surface area contributed by atoms with Gasteiger partial charge in [-0.3, -0.25) is 9.69 Å². The average molecular weight is 227 g/mol. The van der Waals surface area contributed by atoms with Crippen LogP contribution in [-0.4, -0.2) is 5.91 Å². The normalized spacial score (nSPS) is 13.9. The molecule has 0 saturated carbocycles. The Morgan fingerprint density at radius 1 is 0.941 bits per heavy atom. The molecule has 84 valence electrons. The van der Waals surface area contributed by atoms with E-state index in [1.165, 1.54) is 11.0 Å². The smallest absolute Gasteiger partial charge is 0.236 e. The lowest BCUT2D eigenvalue weighted by atomic mass is 10.2. The van der Waals surface area contributed by atoms with Crippen molar-refractivity contribution in [3.8, 4) is 0 Å². The number of hydrogen-bond donors (Lipinski definition) is 0. The molecule has 2 aromatic carbocycles. The molecule has 0 fully saturated rings. The van der Waals surface area contributed by atoms with Crippen molar-refractivity contribution < 1.29 is 9.18 Å². The lowest BCUT2D eigenvalue weighted by molar-refractivity contribution is -0.116. The minimum Gasteiger partial charge on any atom is -0.278 e. The summed E-state index contributed by atoms with van der Waals surface area (Å²) in [4.78, 5) is 13.4. The van der Waals surface area contributed by atoms with E-state index in [1.54, 1.807) is 18.2 Å². The van der Waals surface area contributed by atoms with E-state index in [0.717, 1.165) is 11.3 Å². The van der Waals surface area contributed by atoms with Crippen LogP contribution in [0.2, 0.25) is 0 Å². The Hall–Kier alpha value is -2.16. The third-order valence-electron chi connectivity index (χ3n) is 2.92. The number of fused-ring (bicyclic) bond motifs is 1. The fourth-order valence-corrected chi connectivity index (χ4v) is 2.15. The molecule has 0 unspecified atom stereocenters. The number of amides is 1. The largest absolute Gasteiger partial charge is 0.278 e. The Kier molecular flexibility index (Phi) is 2.18. The van der Waals surface area contributed by atoms with Gasteiger partial charge < -0.3 is 0 Å². The first-order valence-electron chi connectivity index (χ1n) is 5.43. The van der Waals surface area contributed by atoms with Crippen molar-refractivity contribution in [1.29, 1.82) is 0 Å². The summed E-state index contributed by atoms with van der Waals surface area (Å²) >= 11 is 0. The summed E-state index contributed by atoms with van der Waals surface area (Å²) in [6.07, 6.45) is 0.338. The Morgan fingerprint density at radius 3 is 2.35 bits per heavy atom. The van der Waals surface area contributed by atoms with Gasteiger partial charge in [0, 0.05) is 0 Å². The summed E-state index contributed by atoms with van der Waals surface area (Å²) in [5.74, 6) is -0.464. The van der Waals surface area contributed by atoms with E-state index in [-0.39, 0.29) is 11.7 Å². The number of halogens is 1. The highest BCUT2D eigenvalue weighted by molar-refractivity contribution is 6.07. The number of carbonyl (C=O) groups excluding carboxylic acids is 1. The van der Waals surface area contributed by atoms with Gasteiger partial charge in [0.05, 0.1) is 17.8 Å². The monoisotopic (exact) mass is 227 g/mol. The molecule has 0 aliphatic carbocycles. The molecular weight excluding hydrogens is 217 g/mol. The average Bonchev–Trinajstić information content (AvgIpc) is 2.66. The Morgan fingerprint density at radius 2 is 1.59 bits per heavy atom. The number of anilines is 2. The second-order valence-corrected chi connectivity index (χ2v) is 3.99. The van der Waals surface area contributed by atoms with E-state index in [0.29, 0.717) is 12.1 Å². The third-order valence-corrected chi connectivity index (χ3v) is 2.92. The van der Waals surface area contributed by atoms with Crippen LogP contribution in [0.4, 0.5) is 15.8 Å². The van der Waals surface area contributed by atoms with Gasteiger partial charge in [-0.25, -0.2) is 4.39 Å². The lowest BCUT2D eigenvalue weighted by Crippen LogP contribution is -2.21. The van der Waals surface area contributed by atoms with E-state index in [1.807, 2.05) is 24.3 Å². The molecule has 17 heavy (non-hydrogen) atoms. The Balaban J connectivity index is 2.16. The zero-order valence-electron chi connectivity index (χ0n) is 9.06. The van der Waals surface area contributed by atoms with Crippen molar-refractivity contribution in [2.24, 2.45) is 0 Å². The van der Waals surface area contributed by atoms with Crippen LogP contribution in [0, 0.1) is 5.82 Å². The maximum atomic E-state index is 13.7. The first-order chi connectivity index (χ1) is 8.27. The number of hydrogen-bond acceptors (Lipinski definition) is 1. The highest BCUT2D eigenvalue weighted by Crippen LogP contribution is 2.36. The van der Waals surface area contributed by atoms with Crippen LogP contribution >= 0.6 is 0 Å². The van der Waals surface area contributed by atoms with Crippen molar-refractivity contribution >= 4 is 17.3 Å². The third kappa shape index (κ3) is 1.51. The molecule has 0 atom stereocenters. The maximum absolute atomic E-state index is 13.7. The van der Waals surface area contributed by atoms with Crippen molar-refractivity contribution in [2.45, 2.75) is 6.42 Å². The Bertz CT molecular complexity index is 594. The van der Waals surface area contributed by atoms with Crippen molar-refractivity contribution in [3.63, 3.8) is 0 Å². The van der Waals surface area contributed by atoms with Gasteiger partial charge in [-0.15, -0.1) is 0 Å². The van der Waals surface area contributed by atoms with Gasteiger partial charge in [-0.2, -0.15) is 0 Å². The zero-order valence-corrected chi connectivity index (χ0v) is 9.06. The molecule has 0 aromatic heterocycles. The van der Waals surface area contributed by atoms with Gasteiger partial charge in [0.2, 0.25) is 5.91 Å². The van der Waals surface area contributed by atoms with Crippen molar-refractivity contribution in [3.05, 3.63) is 59.9 Å². The number of rotatable bonds is 1. The number of benzene rings is 2. The maximum Gasteiger partial charge on any atom is 0.236 e. The van der Waals surface area contributed by atoms with Gasteiger partial charge in [0.1, 0.15) is 5.82 Å². The van der Waals surface area contributed by atoms with Crippen LogP contribution in [0.1, 0.15) is 5.56 Å². The minimum atomic E-state index is -0.377. The van der Waals surface area contributed by atoms with Gasteiger partial charge in [-0.05, 0) is 23.8 Å². The second-order valence-electron chi connectivity index (χ2n) is 3.99. The molecular formula is C14H10FNO. The molecule has 1 heterocycles. The molecule has 0 N–H and O–H groups in total. The van der Waals surface area contributed by atoms with Crippen LogP contribution < -0.4 is 4.90 Å². The predicted octanol–water partition coefficient (Wildman–Crippen LogP) is 3.05. The SMILES string of the molecule is O=C1Cc2ccccc2N1c1ccccc1F. The van der Waals surface area contributed by atoms with E-state index in [2.05, 4.69) is 0 Å². The standard InChI is InChI=1S/C14H10FNO/c15-11-6-2-4-8-13(11)16-12-7-3-1-5-10(12)9-14(16)17/h1-8H,9H2. The van der Waals surface area contributed by atoms with Crippen LogP contribution in [0.3, 0.4) is 0 Å². The molecule has 1 amide bonds. The fourth-order valence-electron chi connectivity index (χ4n) is 2.15. The molecule has 0 spiro atoms. The molecule has 2 aromatic rings. The first-order valence-corrected chi connectivity index (χ1v) is 5.43. The van der Waals surface area contributed by atoms with Gasteiger partial charge >= 0.3 is 0 Å². The number of para-hydroxylation sites is 2. The molecule has 3 heteroatoms. The highest BCUT2D eigenvalue weighted by atomic mass is 19.1. The van der Waals surface area contributed by atoms with E-state index in [9.17, 15) is 9.18 Å². The van der Waals surface area contributed by atoms with Crippen LogP contribution in [0.5, 0.6) is 0 Å². The van der Waals surface area contributed by atoms with E-state index >= 15 is 0 Å². The summed E-state index contributed by atoms with van der Waals surface area (Å²) in [6, 6.07) is 13.8. The molecule has 1 aliphatic rings. The van der Waals surface area contributed by atoms with Crippen LogP contribution in [0.25, 0.3) is 0 Å². The molecule has 0 bridgehead atoms. The van der Waals surface area contributed by atoms with Crippen LogP contribution in [-0.2, 0) is 11.2 Å². The minimum absolute atomic E-state index is 0.0868. The van der Waals surface area contributed by atoms with Gasteiger partial charge in [-0.1, -0.05) is 30.3 Å². The van der Waals surface area contributed by atoms with Crippen LogP contribution in [0.15, 0.2) is 48.5 Å². The summed E-state index contributed by atoms with van der Waals surface area (Å²) in [6.45, 7) is 0. The highest BCUT2D eigenvalue weighted by Gasteiger charge is 2.29. The molecule has 0 saturated heterocycles. The first kappa shape index (κ1) is 10.0. The fraction of sp³-hybridized carbons (Fsp3) is 0.0714. The number of nitrogens with zero attached hydrogens (tertiary/aromatic N) is 1. The molecule has 1 aliphatic heterocycles. The van der Waals surface area contributed by atoms with Gasteiger partial charge in [0.15, 0.2) is 0 Å². The second kappa shape index (κ2) is 3.70. The molecule has 2 nitrogen and oxygen atoms in total. The topological polar surface area (TPSA) is 20.3 Å². The quantitative estimate of drug-likeness (QED) is 0.733. The summed E-state index contributed by atoms with van der Waals surface area (Å²) < 4.78 is 13.7. The summed E-state index contributed by atoms with van der Waals surface area (Å²) in [7, 11) is 0. The molecule has 0 radical (unpaired) electrons. The molecule has 3 rings (SSSR count). The summed E-state index contributed by atoms with van der Waals surface area (Å²) in [5.41, 5.74) is 2.05. The van der Waals surface area contributed by atoms with E-state index < -0.39 is 0 Å². The van der Waals surface area contributed by atoms with Gasteiger partial charge in [0.25, 0.3) is 0 Å². The predicted molar refractivity (Wildman–Crippen MR) is 63.7 cm³/mol. The lowest BCUT2D eigenvalue weighted by Gasteiger charge is -2.17. The van der Waals surface area contributed by atoms with Crippen molar-refractivity contribution in [2.75, 3.05) is 4.90 Å². The van der Waals surface area contributed by atoms with Crippen molar-refractivity contribution in [1.82, 2.24) is 0 Å². The zero-order chi connectivity index (χ0) is 11.8. The number of carbonyl (C=O) groups is 1.